The number of sulfonamides is 1. The van der Waals surface area contributed by atoms with Gasteiger partial charge in [0, 0.05) is 12.7 Å². The molecule has 8 heteroatoms. The van der Waals surface area contributed by atoms with Crippen LogP contribution in [0.25, 0.3) is 0 Å². The number of aryl methyl sites for hydroxylation is 1. The highest BCUT2D eigenvalue weighted by Crippen LogP contribution is 2.17. The molecule has 0 aliphatic carbocycles. The highest BCUT2D eigenvalue weighted by atomic mass is 32.2. The third-order valence-electron chi connectivity index (χ3n) is 2.72. The van der Waals surface area contributed by atoms with Crippen molar-refractivity contribution in [3.05, 3.63) is 36.4 Å². The fraction of sp³-hybridized carbons (Fsp3) is 0.308. The fourth-order valence-electron chi connectivity index (χ4n) is 1.58. The molecule has 0 aromatic carbocycles. The second-order valence-corrected chi connectivity index (χ2v) is 6.09. The van der Waals surface area contributed by atoms with E-state index in [0.717, 1.165) is 13.0 Å². The summed E-state index contributed by atoms with van der Waals surface area (Å²) in [5.41, 5.74) is 1.04. The van der Waals surface area contributed by atoms with E-state index in [0.29, 0.717) is 17.3 Å². The fourth-order valence-corrected chi connectivity index (χ4v) is 2.58. The lowest BCUT2D eigenvalue weighted by atomic mass is 10.3. The molecule has 0 saturated carbocycles. The predicted octanol–water partition coefficient (Wildman–Crippen LogP) is 1.80. The monoisotopic (exact) mass is 307 g/mol. The quantitative estimate of drug-likeness (QED) is 0.844. The summed E-state index contributed by atoms with van der Waals surface area (Å²) < 4.78 is 27.0. The SMILES string of the molecule is CCCNc1ncc(S(=O)(=O)Nc2cccnc2C)cn1. The highest BCUT2D eigenvalue weighted by molar-refractivity contribution is 7.92. The lowest BCUT2D eigenvalue weighted by molar-refractivity contribution is 0.600. The van der Waals surface area contributed by atoms with Crippen LogP contribution in [0.2, 0.25) is 0 Å². The summed E-state index contributed by atoms with van der Waals surface area (Å²) in [6.07, 6.45) is 5.09. The normalized spacial score (nSPS) is 11.1. The summed E-state index contributed by atoms with van der Waals surface area (Å²) in [5, 5.41) is 2.98. The Kier molecular flexibility index (Phi) is 4.69. The molecule has 0 aliphatic rings. The Bertz CT molecular complexity index is 701. The van der Waals surface area contributed by atoms with Crippen molar-refractivity contribution in [3.63, 3.8) is 0 Å². The summed E-state index contributed by atoms with van der Waals surface area (Å²) in [4.78, 5) is 12.0. The maximum atomic E-state index is 12.2. The number of anilines is 2. The van der Waals surface area contributed by atoms with E-state index in [1.54, 1.807) is 25.3 Å². The largest absolute Gasteiger partial charge is 0.354 e. The first kappa shape index (κ1) is 15.2. The van der Waals surface area contributed by atoms with Crippen LogP contribution in [0.3, 0.4) is 0 Å². The van der Waals surface area contributed by atoms with E-state index in [9.17, 15) is 8.42 Å². The summed E-state index contributed by atoms with van der Waals surface area (Å²) in [7, 11) is -3.72. The van der Waals surface area contributed by atoms with E-state index in [1.165, 1.54) is 12.4 Å². The Balaban J connectivity index is 2.18. The van der Waals surface area contributed by atoms with Gasteiger partial charge in [-0.1, -0.05) is 6.92 Å². The second kappa shape index (κ2) is 6.49. The van der Waals surface area contributed by atoms with Crippen LogP contribution >= 0.6 is 0 Å². The summed E-state index contributed by atoms with van der Waals surface area (Å²) in [5.74, 6) is 0.411. The molecule has 0 bridgehead atoms. The van der Waals surface area contributed by atoms with Crippen LogP contribution in [0.4, 0.5) is 11.6 Å². The molecule has 7 nitrogen and oxygen atoms in total. The van der Waals surface area contributed by atoms with Crippen molar-refractivity contribution < 1.29 is 8.42 Å². The first-order valence-corrected chi connectivity index (χ1v) is 8.01. The molecule has 0 saturated heterocycles. The molecule has 0 aliphatic heterocycles. The minimum atomic E-state index is -3.72. The topological polar surface area (TPSA) is 96.9 Å². The summed E-state index contributed by atoms with van der Waals surface area (Å²) in [6, 6.07) is 3.32. The van der Waals surface area contributed by atoms with Crippen LogP contribution in [0.5, 0.6) is 0 Å². The molecular weight excluding hydrogens is 290 g/mol. The zero-order valence-corrected chi connectivity index (χ0v) is 12.7. The van der Waals surface area contributed by atoms with Gasteiger partial charge in [-0.2, -0.15) is 0 Å². The zero-order chi connectivity index (χ0) is 15.3. The third kappa shape index (κ3) is 3.88. The molecule has 0 amide bonds. The van der Waals surface area contributed by atoms with E-state index in [1.807, 2.05) is 6.92 Å². The van der Waals surface area contributed by atoms with Crippen LogP contribution in [-0.2, 0) is 10.0 Å². The van der Waals surface area contributed by atoms with Crippen molar-refractivity contribution in [1.29, 1.82) is 0 Å². The van der Waals surface area contributed by atoms with Crippen molar-refractivity contribution in [1.82, 2.24) is 15.0 Å². The van der Waals surface area contributed by atoms with Gasteiger partial charge in [0.25, 0.3) is 10.0 Å². The van der Waals surface area contributed by atoms with Crippen molar-refractivity contribution in [2.45, 2.75) is 25.2 Å². The van der Waals surface area contributed by atoms with Crippen molar-refractivity contribution >= 4 is 21.7 Å². The molecule has 2 aromatic heterocycles. The Hall–Kier alpha value is -2.22. The van der Waals surface area contributed by atoms with Crippen LogP contribution in [-0.4, -0.2) is 29.9 Å². The number of hydrogen-bond acceptors (Lipinski definition) is 6. The Morgan fingerprint density at radius 2 is 1.90 bits per heavy atom. The summed E-state index contributed by atoms with van der Waals surface area (Å²) in [6.45, 7) is 4.48. The molecule has 0 unspecified atom stereocenters. The van der Waals surface area contributed by atoms with Crippen LogP contribution < -0.4 is 10.0 Å². The predicted molar refractivity (Wildman–Crippen MR) is 80.6 cm³/mol. The Labute approximate surface area is 123 Å². The van der Waals surface area contributed by atoms with Crippen LogP contribution in [0.1, 0.15) is 19.0 Å². The molecule has 0 fully saturated rings. The van der Waals surface area contributed by atoms with Crippen LogP contribution in [0.15, 0.2) is 35.6 Å². The number of hydrogen-bond donors (Lipinski definition) is 2. The van der Waals surface area contributed by atoms with Gasteiger partial charge in [0.05, 0.1) is 23.8 Å². The molecule has 0 radical (unpaired) electrons. The van der Waals surface area contributed by atoms with Gasteiger partial charge in [-0.25, -0.2) is 18.4 Å². The minimum Gasteiger partial charge on any atom is -0.354 e. The first-order valence-electron chi connectivity index (χ1n) is 6.53. The average Bonchev–Trinajstić information content (AvgIpc) is 2.48. The van der Waals surface area contributed by atoms with E-state index in [2.05, 4.69) is 25.0 Å². The number of nitrogens with zero attached hydrogens (tertiary/aromatic N) is 3. The van der Waals surface area contributed by atoms with E-state index < -0.39 is 10.0 Å². The molecule has 0 spiro atoms. The average molecular weight is 307 g/mol. The molecule has 0 atom stereocenters. The smallest absolute Gasteiger partial charge is 0.265 e. The van der Waals surface area contributed by atoms with Crippen molar-refractivity contribution in [2.24, 2.45) is 0 Å². The lowest BCUT2D eigenvalue weighted by Gasteiger charge is -2.09. The molecule has 2 N–H and O–H groups in total. The maximum absolute atomic E-state index is 12.2. The van der Waals surface area contributed by atoms with Gasteiger partial charge in [-0.3, -0.25) is 9.71 Å². The van der Waals surface area contributed by atoms with Gasteiger partial charge in [0.15, 0.2) is 0 Å². The van der Waals surface area contributed by atoms with E-state index in [-0.39, 0.29) is 4.90 Å². The van der Waals surface area contributed by atoms with Gasteiger partial charge in [-0.05, 0) is 25.5 Å². The molecule has 21 heavy (non-hydrogen) atoms. The standard InChI is InChI=1S/C13H17N5O2S/c1-3-6-15-13-16-8-11(9-17-13)21(19,20)18-12-5-4-7-14-10(12)2/h4-5,7-9,18H,3,6H2,1-2H3,(H,15,16,17). The number of rotatable bonds is 6. The number of aromatic nitrogens is 3. The third-order valence-corrected chi connectivity index (χ3v) is 4.04. The van der Waals surface area contributed by atoms with Gasteiger partial charge in [-0.15, -0.1) is 0 Å². The van der Waals surface area contributed by atoms with Gasteiger partial charge in [0.2, 0.25) is 5.95 Å². The van der Waals surface area contributed by atoms with E-state index in [4.69, 9.17) is 0 Å². The molecule has 112 valence electrons. The second-order valence-electron chi connectivity index (χ2n) is 4.41. The highest BCUT2D eigenvalue weighted by Gasteiger charge is 2.16. The van der Waals surface area contributed by atoms with Crippen LogP contribution in [0, 0.1) is 6.92 Å². The maximum Gasteiger partial charge on any atom is 0.265 e. The first-order chi connectivity index (χ1) is 10.0. The van der Waals surface area contributed by atoms with Gasteiger partial charge in [0.1, 0.15) is 4.90 Å². The summed E-state index contributed by atoms with van der Waals surface area (Å²) >= 11 is 0. The zero-order valence-electron chi connectivity index (χ0n) is 11.9. The molecular formula is C13H17N5O2S. The minimum absolute atomic E-state index is 0.00722. The number of pyridine rings is 1. The molecule has 2 heterocycles. The Morgan fingerprint density at radius 1 is 1.19 bits per heavy atom. The van der Waals surface area contributed by atoms with Gasteiger partial charge < -0.3 is 5.32 Å². The Morgan fingerprint density at radius 3 is 2.52 bits per heavy atom. The lowest BCUT2D eigenvalue weighted by Crippen LogP contribution is -2.15. The van der Waals surface area contributed by atoms with E-state index >= 15 is 0 Å². The number of nitrogens with one attached hydrogen (secondary N) is 2. The van der Waals surface area contributed by atoms with Gasteiger partial charge >= 0.3 is 0 Å². The molecule has 2 aromatic rings. The molecule has 2 rings (SSSR count). The van der Waals surface area contributed by atoms with Crippen molar-refractivity contribution in [2.75, 3.05) is 16.6 Å². The van der Waals surface area contributed by atoms with Crippen molar-refractivity contribution in [3.8, 4) is 0 Å².